The number of aromatic nitrogens is 2. The van der Waals surface area contributed by atoms with Crippen LogP contribution in [0.15, 0.2) is 42.9 Å². The number of carboxylic acid groups (broad SMARTS) is 1. The van der Waals surface area contributed by atoms with Gasteiger partial charge in [0.25, 0.3) is 0 Å². The number of carbonyl (C=O) groups is 5. The van der Waals surface area contributed by atoms with Crippen molar-refractivity contribution in [2.45, 2.75) is 57.3 Å². The molecule has 2 rings (SSSR count). The highest BCUT2D eigenvalue weighted by molar-refractivity contribution is 5.95. The Morgan fingerprint density at radius 2 is 1.59 bits per heavy atom. The van der Waals surface area contributed by atoms with Crippen LogP contribution >= 0.6 is 0 Å². The van der Waals surface area contributed by atoms with Crippen LogP contribution in [0.5, 0.6) is 0 Å². The molecule has 0 fully saturated rings. The molecule has 200 valence electrons. The molecule has 0 saturated carbocycles. The topological polar surface area (TPSA) is 222 Å². The molecule has 9 N–H and O–H groups in total. The van der Waals surface area contributed by atoms with Gasteiger partial charge >= 0.3 is 5.97 Å². The second kappa shape index (κ2) is 13.7. The number of carboxylic acids is 1. The van der Waals surface area contributed by atoms with Crippen LogP contribution in [0.25, 0.3) is 0 Å². The predicted molar refractivity (Wildman–Crippen MR) is 132 cm³/mol. The van der Waals surface area contributed by atoms with Crippen LogP contribution in [-0.2, 0) is 36.8 Å². The zero-order chi connectivity index (χ0) is 27.5. The SMILES string of the molecule is CC(C)C(NC(=O)C(Cc1cnc[nH]1)NC(=O)C(N)CC(N)=O)C(=O)NC(Cc1ccccc1)C(=O)O. The fourth-order valence-electron chi connectivity index (χ4n) is 3.51. The average Bonchev–Trinajstić information content (AvgIpc) is 3.34. The molecular formula is C24H33N7O6. The number of nitrogens with one attached hydrogen (secondary N) is 4. The lowest BCUT2D eigenvalue weighted by atomic mass is 10.0. The molecule has 1 heterocycles. The highest BCUT2D eigenvalue weighted by Crippen LogP contribution is 2.08. The number of rotatable bonds is 14. The van der Waals surface area contributed by atoms with Crippen molar-refractivity contribution < 1.29 is 29.1 Å². The van der Waals surface area contributed by atoms with Crippen molar-refractivity contribution in [1.29, 1.82) is 0 Å². The van der Waals surface area contributed by atoms with Gasteiger partial charge in [0.1, 0.15) is 18.1 Å². The van der Waals surface area contributed by atoms with Crippen molar-refractivity contribution in [2.24, 2.45) is 17.4 Å². The third-order valence-electron chi connectivity index (χ3n) is 5.51. The van der Waals surface area contributed by atoms with Gasteiger partial charge in [-0.25, -0.2) is 9.78 Å². The second-order valence-corrected chi connectivity index (χ2v) is 8.94. The molecule has 0 aliphatic carbocycles. The van der Waals surface area contributed by atoms with Gasteiger partial charge in [0.15, 0.2) is 0 Å². The summed E-state index contributed by atoms with van der Waals surface area (Å²) in [6.07, 6.45) is 2.48. The summed E-state index contributed by atoms with van der Waals surface area (Å²) in [5.74, 6) is -4.61. The summed E-state index contributed by atoms with van der Waals surface area (Å²) in [5, 5.41) is 17.2. The van der Waals surface area contributed by atoms with E-state index in [1.165, 1.54) is 12.5 Å². The number of hydrogen-bond donors (Lipinski definition) is 7. The third-order valence-corrected chi connectivity index (χ3v) is 5.51. The highest BCUT2D eigenvalue weighted by Gasteiger charge is 2.32. The fraction of sp³-hybridized carbons (Fsp3) is 0.417. The number of aromatic amines is 1. The van der Waals surface area contributed by atoms with E-state index in [1.54, 1.807) is 44.2 Å². The zero-order valence-electron chi connectivity index (χ0n) is 20.6. The molecule has 0 aliphatic heterocycles. The van der Waals surface area contributed by atoms with Gasteiger partial charge in [-0.05, 0) is 11.5 Å². The lowest BCUT2D eigenvalue weighted by Gasteiger charge is -2.27. The minimum absolute atomic E-state index is 0.0148. The number of hydrogen-bond acceptors (Lipinski definition) is 7. The molecule has 0 saturated heterocycles. The van der Waals surface area contributed by atoms with Gasteiger partial charge in [0.2, 0.25) is 23.6 Å². The molecular weight excluding hydrogens is 482 g/mol. The molecule has 0 bridgehead atoms. The number of primary amides is 1. The summed E-state index contributed by atoms with van der Waals surface area (Å²) in [5.41, 5.74) is 12.0. The maximum Gasteiger partial charge on any atom is 0.326 e. The van der Waals surface area contributed by atoms with Crippen molar-refractivity contribution >= 4 is 29.6 Å². The molecule has 0 radical (unpaired) electrons. The number of nitrogens with zero attached hydrogens (tertiary/aromatic N) is 1. The number of carbonyl (C=O) groups excluding carboxylic acids is 4. The smallest absolute Gasteiger partial charge is 0.326 e. The Bertz CT molecular complexity index is 1070. The van der Waals surface area contributed by atoms with E-state index < -0.39 is 66.1 Å². The first kappa shape index (κ1) is 29.0. The molecule has 37 heavy (non-hydrogen) atoms. The Morgan fingerprint density at radius 1 is 0.946 bits per heavy atom. The second-order valence-electron chi connectivity index (χ2n) is 8.94. The summed E-state index contributed by atoms with van der Waals surface area (Å²) in [6.45, 7) is 3.37. The van der Waals surface area contributed by atoms with E-state index >= 15 is 0 Å². The van der Waals surface area contributed by atoms with E-state index in [2.05, 4.69) is 25.9 Å². The summed E-state index contributed by atoms with van der Waals surface area (Å²) in [4.78, 5) is 68.3. The van der Waals surface area contributed by atoms with Crippen LogP contribution in [-0.4, -0.2) is 68.8 Å². The average molecular weight is 516 g/mol. The minimum atomic E-state index is -1.27. The molecule has 13 nitrogen and oxygen atoms in total. The van der Waals surface area contributed by atoms with Crippen molar-refractivity contribution in [2.75, 3.05) is 0 Å². The molecule has 0 spiro atoms. The minimum Gasteiger partial charge on any atom is -0.480 e. The molecule has 2 aromatic rings. The van der Waals surface area contributed by atoms with Crippen molar-refractivity contribution in [3.63, 3.8) is 0 Å². The lowest BCUT2D eigenvalue weighted by Crippen LogP contribution is -2.59. The van der Waals surface area contributed by atoms with Crippen LogP contribution in [0.2, 0.25) is 0 Å². The molecule has 4 unspecified atom stereocenters. The largest absolute Gasteiger partial charge is 0.480 e. The summed E-state index contributed by atoms with van der Waals surface area (Å²) >= 11 is 0. The van der Waals surface area contributed by atoms with Crippen molar-refractivity contribution in [3.8, 4) is 0 Å². The molecule has 4 amide bonds. The first-order chi connectivity index (χ1) is 17.5. The number of imidazole rings is 1. The fourth-order valence-corrected chi connectivity index (χ4v) is 3.51. The van der Waals surface area contributed by atoms with Gasteiger partial charge in [0.05, 0.1) is 18.8 Å². The van der Waals surface area contributed by atoms with E-state index in [-0.39, 0.29) is 12.8 Å². The maximum absolute atomic E-state index is 13.2. The molecule has 1 aromatic heterocycles. The Hall–Kier alpha value is -4.26. The molecule has 0 aliphatic rings. The van der Waals surface area contributed by atoms with Gasteiger partial charge in [-0.3, -0.25) is 19.2 Å². The van der Waals surface area contributed by atoms with Gasteiger partial charge < -0.3 is 37.5 Å². The first-order valence-corrected chi connectivity index (χ1v) is 11.7. The van der Waals surface area contributed by atoms with E-state index in [9.17, 15) is 29.1 Å². The Kier molecular flexibility index (Phi) is 10.8. The number of nitrogens with two attached hydrogens (primary N) is 2. The Balaban J connectivity index is 2.16. The van der Waals surface area contributed by atoms with Gasteiger partial charge in [-0.2, -0.15) is 0 Å². The summed E-state index contributed by atoms with van der Waals surface area (Å²) in [6, 6.07) is 4.03. The standard InChI is InChI=1S/C24H33N7O6/c1-13(2)20(23(35)30-18(24(36)37)8-14-6-4-3-5-7-14)31-22(34)17(9-15-11-27-12-28-15)29-21(33)16(25)10-19(26)32/h3-7,11-13,16-18,20H,8-10,25H2,1-2H3,(H2,26,32)(H,27,28)(H,29,33)(H,30,35)(H,31,34)(H,36,37). The van der Waals surface area contributed by atoms with Gasteiger partial charge in [-0.15, -0.1) is 0 Å². The molecule has 4 atom stereocenters. The Morgan fingerprint density at radius 3 is 2.14 bits per heavy atom. The maximum atomic E-state index is 13.2. The molecule has 13 heteroatoms. The van der Waals surface area contributed by atoms with Crippen molar-refractivity contribution in [3.05, 3.63) is 54.1 Å². The third kappa shape index (κ3) is 9.37. The monoisotopic (exact) mass is 515 g/mol. The predicted octanol–water partition coefficient (Wildman–Crippen LogP) is -1.41. The number of benzene rings is 1. The van der Waals surface area contributed by atoms with Gasteiger partial charge in [-0.1, -0.05) is 44.2 Å². The molecule has 1 aromatic carbocycles. The van der Waals surface area contributed by atoms with E-state index in [0.29, 0.717) is 5.69 Å². The van der Waals surface area contributed by atoms with Crippen LogP contribution in [0.4, 0.5) is 0 Å². The van der Waals surface area contributed by atoms with E-state index in [0.717, 1.165) is 5.56 Å². The highest BCUT2D eigenvalue weighted by atomic mass is 16.4. The number of amides is 4. The number of H-pyrrole nitrogens is 1. The number of aliphatic carboxylic acids is 1. The van der Waals surface area contributed by atoms with Crippen molar-refractivity contribution in [1.82, 2.24) is 25.9 Å². The van der Waals surface area contributed by atoms with Crippen LogP contribution in [0, 0.1) is 5.92 Å². The normalized spacial score (nSPS) is 14.2. The summed E-state index contributed by atoms with van der Waals surface area (Å²) in [7, 11) is 0. The lowest BCUT2D eigenvalue weighted by molar-refractivity contribution is -0.142. The zero-order valence-corrected chi connectivity index (χ0v) is 20.6. The van der Waals surface area contributed by atoms with E-state index in [4.69, 9.17) is 11.5 Å². The van der Waals surface area contributed by atoms with Crippen LogP contribution in [0.1, 0.15) is 31.5 Å². The van der Waals surface area contributed by atoms with E-state index in [1.807, 2.05) is 0 Å². The van der Waals surface area contributed by atoms with Crippen LogP contribution < -0.4 is 27.4 Å². The quantitative estimate of drug-likeness (QED) is 0.158. The Labute approximate surface area is 213 Å². The van der Waals surface area contributed by atoms with Gasteiger partial charge in [0, 0.05) is 24.7 Å². The summed E-state index contributed by atoms with van der Waals surface area (Å²) < 4.78 is 0. The first-order valence-electron chi connectivity index (χ1n) is 11.7. The van der Waals surface area contributed by atoms with Crippen LogP contribution in [0.3, 0.4) is 0 Å².